The Kier molecular flexibility index (Phi) is 4.73. The molecule has 0 saturated carbocycles. The van der Waals surface area contributed by atoms with E-state index >= 15 is 0 Å². The first kappa shape index (κ1) is 15.8. The first-order valence-electron chi connectivity index (χ1n) is 6.72. The molecule has 1 aliphatic heterocycles. The van der Waals surface area contributed by atoms with Crippen molar-refractivity contribution in [1.82, 2.24) is 19.4 Å². The van der Waals surface area contributed by atoms with Crippen molar-refractivity contribution < 1.29 is 8.42 Å². The number of sulfonamides is 1. The van der Waals surface area contributed by atoms with Crippen LogP contribution in [0.1, 0.15) is 25.1 Å². The number of hydrogen-bond donors (Lipinski definition) is 1. The SMILES string of the molecule is Cc1[nH]nc(S(=O)(=O)N2CCN(C(C)C)CC2)c1CCl. The third-order valence-electron chi connectivity index (χ3n) is 3.76. The molecule has 1 fully saturated rings. The lowest BCUT2D eigenvalue weighted by Gasteiger charge is -2.35. The number of aromatic amines is 1. The van der Waals surface area contributed by atoms with Crippen LogP contribution in [-0.4, -0.2) is 60.0 Å². The zero-order valence-corrected chi connectivity index (χ0v) is 13.6. The molecule has 8 heteroatoms. The van der Waals surface area contributed by atoms with Gasteiger partial charge in [-0.25, -0.2) is 8.42 Å². The molecule has 0 aliphatic carbocycles. The first-order valence-corrected chi connectivity index (χ1v) is 8.69. The minimum Gasteiger partial charge on any atom is -0.298 e. The predicted molar refractivity (Wildman–Crippen MR) is 78.3 cm³/mol. The third kappa shape index (κ3) is 2.86. The highest BCUT2D eigenvalue weighted by Gasteiger charge is 2.33. The first-order chi connectivity index (χ1) is 9.37. The summed E-state index contributed by atoms with van der Waals surface area (Å²) in [6.45, 7) is 8.50. The van der Waals surface area contributed by atoms with Gasteiger partial charge < -0.3 is 0 Å². The predicted octanol–water partition coefficient (Wildman–Crippen LogP) is 1.17. The number of piperazine rings is 1. The van der Waals surface area contributed by atoms with Crippen molar-refractivity contribution in [2.45, 2.75) is 37.7 Å². The highest BCUT2D eigenvalue weighted by molar-refractivity contribution is 7.89. The molecule has 0 radical (unpaired) electrons. The number of rotatable bonds is 4. The summed E-state index contributed by atoms with van der Waals surface area (Å²) in [7, 11) is -3.55. The van der Waals surface area contributed by atoms with Crippen molar-refractivity contribution in [1.29, 1.82) is 0 Å². The van der Waals surface area contributed by atoms with E-state index < -0.39 is 10.0 Å². The molecular formula is C12H21ClN4O2S. The summed E-state index contributed by atoms with van der Waals surface area (Å²) >= 11 is 5.84. The number of hydrogen-bond acceptors (Lipinski definition) is 4. The maximum absolute atomic E-state index is 12.6. The minimum atomic E-state index is -3.55. The highest BCUT2D eigenvalue weighted by atomic mass is 35.5. The summed E-state index contributed by atoms with van der Waals surface area (Å²) in [6.07, 6.45) is 0. The van der Waals surface area contributed by atoms with Gasteiger partial charge in [0.05, 0.1) is 5.88 Å². The van der Waals surface area contributed by atoms with E-state index in [-0.39, 0.29) is 10.9 Å². The van der Waals surface area contributed by atoms with Gasteiger partial charge in [-0.1, -0.05) is 0 Å². The number of nitrogens with zero attached hydrogens (tertiary/aromatic N) is 3. The van der Waals surface area contributed by atoms with Crippen LogP contribution in [0, 0.1) is 6.92 Å². The molecule has 1 aromatic heterocycles. The van der Waals surface area contributed by atoms with Crippen LogP contribution in [0.3, 0.4) is 0 Å². The van der Waals surface area contributed by atoms with Gasteiger partial charge >= 0.3 is 0 Å². The molecule has 2 heterocycles. The smallest absolute Gasteiger partial charge is 0.262 e. The fourth-order valence-electron chi connectivity index (χ4n) is 2.38. The Morgan fingerprint density at radius 3 is 2.40 bits per heavy atom. The Morgan fingerprint density at radius 1 is 1.30 bits per heavy atom. The van der Waals surface area contributed by atoms with Crippen LogP contribution in [0.2, 0.25) is 0 Å². The fraction of sp³-hybridized carbons (Fsp3) is 0.750. The Labute approximate surface area is 125 Å². The van der Waals surface area contributed by atoms with E-state index in [1.165, 1.54) is 4.31 Å². The van der Waals surface area contributed by atoms with Gasteiger partial charge in [-0.2, -0.15) is 9.40 Å². The quantitative estimate of drug-likeness (QED) is 0.846. The van der Waals surface area contributed by atoms with Crippen molar-refractivity contribution >= 4 is 21.6 Å². The summed E-state index contributed by atoms with van der Waals surface area (Å²) in [4.78, 5) is 2.27. The molecule has 0 bridgehead atoms. The largest absolute Gasteiger partial charge is 0.298 e. The van der Waals surface area contributed by atoms with Gasteiger partial charge in [-0.15, -0.1) is 11.6 Å². The second-order valence-corrected chi connectivity index (χ2v) is 7.42. The van der Waals surface area contributed by atoms with E-state index in [9.17, 15) is 8.42 Å². The lowest BCUT2D eigenvalue weighted by atomic mass is 10.3. The van der Waals surface area contributed by atoms with Crippen molar-refractivity contribution in [2.75, 3.05) is 26.2 Å². The number of alkyl halides is 1. The van der Waals surface area contributed by atoms with E-state index in [0.717, 1.165) is 13.1 Å². The summed E-state index contributed by atoms with van der Waals surface area (Å²) < 4.78 is 26.7. The Morgan fingerprint density at radius 2 is 1.90 bits per heavy atom. The monoisotopic (exact) mass is 320 g/mol. The summed E-state index contributed by atoms with van der Waals surface area (Å²) in [5.74, 6) is 0.142. The van der Waals surface area contributed by atoms with Crippen LogP contribution in [0.4, 0.5) is 0 Å². The van der Waals surface area contributed by atoms with Gasteiger partial charge in [0.2, 0.25) is 0 Å². The molecule has 0 unspecified atom stereocenters. The molecule has 0 amide bonds. The van der Waals surface area contributed by atoms with E-state index in [0.29, 0.717) is 30.4 Å². The normalized spacial score (nSPS) is 18.9. The van der Waals surface area contributed by atoms with Crippen LogP contribution in [0.5, 0.6) is 0 Å². The molecule has 1 N–H and O–H groups in total. The summed E-state index contributed by atoms with van der Waals surface area (Å²) in [5, 5.41) is 6.72. The van der Waals surface area contributed by atoms with Gasteiger partial charge in [0.25, 0.3) is 10.0 Å². The molecule has 1 aromatic rings. The Bertz CT molecular complexity index is 562. The van der Waals surface area contributed by atoms with Crippen molar-refractivity contribution in [3.63, 3.8) is 0 Å². The summed E-state index contributed by atoms with van der Waals surface area (Å²) in [6, 6.07) is 0.436. The van der Waals surface area contributed by atoms with E-state index in [1.54, 1.807) is 6.92 Å². The van der Waals surface area contributed by atoms with Crippen molar-refractivity contribution in [3.05, 3.63) is 11.3 Å². The van der Waals surface area contributed by atoms with Crippen molar-refractivity contribution in [3.8, 4) is 0 Å². The second-order valence-electron chi connectivity index (χ2n) is 5.30. The maximum Gasteiger partial charge on any atom is 0.262 e. The van der Waals surface area contributed by atoms with Gasteiger partial charge in [0.1, 0.15) is 0 Å². The lowest BCUT2D eigenvalue weighted by Crippen LogP contribution is -2.50. The highest BCUT2D eigenvalue weighted by Crippen LogP contribution is 2.23. The van der Waals surface area contributed by atoms with Crippen LogP contribution in [-0.2, 0) is 15.9 Å². The third-order valence-corrected chi connectivity index (χ3v) is 5.90. The van der Waals surface area contributed by atoms with E-state index in [4.69, 9.17) is 11.6 Å². The van der Waals surface area contributed by atoms with Crippen LogP contribution in [0.25, 0.3) is 0 Å². The molecule has 2 rings (SSSR count). The maximum atomic E-state index is 12.6. The molecule has 6 nitrogen and oxygen atoms in total. The van der Waals surface area contributed by atoms with Crippen LogP contribution >= 0.6 is 11.6 Å². The number of aryl methyl sites for hydroxylation is 1. The van der Waals surface area contributed by atoms with Crippen LogP contribution in [0.15, 0.2) is 5.03 Å². The molecule has 0 atom stereocenters. The molecular weight excluding hydrogens is 300 g/mol. The van der Waals surface area contributed by atoms with Gasteiger partial charge in [-0.05, 0) is 20.8 Å². The summed E-state index contributed by atoms with van der Waals surface area (Å²) in [5.41, 5.74) is 1.28. The molecule has 0 aromatic carbocycles. The second kappa shape index (κ2) is 6.01. The van der Waals surface area contributed by atoms with Crippen LogP contribution < -0.4 is 0 Å². The minimum absolute atomic E-state index is 0.0722. The Balaban J connectivity index is 2.20. The zero-order valence-electron chi connectivity index (χ0n) is 12.1. The molecule has 1 saturated heterocycles. The van der Waals surface area contributed by atoms with Gasteiger partial charge in [0.15, 0.2) is 5.03 Å². The Hall–Kier alpha value is -0.630. The number of aromatic nitrogens is 2. The average molecular weight is 321 g/mol. The van der Waals surface area contributed by atoms with Gasteiger partial charge in [0, 0.05) is 43.5 Å². The average Bonchev–Trinajstić information content (AvgIpc) is 2.80. The zero-order chi connectivity index (χ0) is 14.9. The standard InChI is InChI=1S/C12H21ClN4O2S/c1-9(2)16-4-6-17(7-5-16)20(18,19)12-11(8-13)10(3)14-15-12/h9H,4-8H2,1-3H3,(H,14,15). The van der Waals surface area contributed by atoms with Crippen molar-refractivity contribution in [2.24, 2.45) is 0 Å². The van der Waals surface area contributed by atoms with E-state index in [1.807, 2.05) is 0 Å². The fourth-order valence-corrected chi connectivity index (χ4v) is 4.38. The van der Waals surface area contributed by atoms with E-state index in [2.05, 4.69) is 28.9 Å². The molecule has 0 spiro atoms. The van der Waals surface area contributed by atoms with Gasteiger partial charge in [-0.3, -0.25) is 10.00 Å². The number of nitrogens with one attached hydrogen (secondary N) is 1. The molecule has 114 valence electrons. The topological polar surface area (TPSA) is 69.3 Å². The number of halogens is 1. The lowest BCUT2D eigenvalue weighted by molar-refractivity contribution is 0.154. The molecule has 1 aliphatic rings. The molecule has 20 heavy (non-hydrogen) atoms. The number of H-pyrrole nitrogens is 1.